The van der Waals surface area contributed by atoms with Crippen LogP contribution in [0.25, 0.3) is 0 Å². The molecule has 0 unspecified atom stereocenters. The van der Waals surface area contributed by atoms with Gasteiger partial charge in [0.2, 0.25) is 0 Å². The molecule has 3 aliphatic heterocycles. The molecular weight excluding hydrogens is 517 g/mol. The van der Waals surface area contributed by atoms with Gasteiger partial charge in [-0.1, -0.05) is 41.9 Å². The highest BCUT2D eigenvalue weighted by Gasteiger charge is 2.57. The predicted octanol–water partition coefficient (Wildman–Crippen LogP) is 5.88. The topological polar surface area (TPSA) is 66.5 Å². The van der Waals surface area contributed by atoms with Crippen LogP contribution >= 0.6 is 11.6 Å². The predicted molar refractivity (Wildman–Crippen MR) is 152 cm³/mol. The Balaban J connectivity index is 1.63. The van der Waals surface area contributed by atoms with Crippen LogP contribution in [0.3, 0.4) is 0 Å². The molecule has 0 bridgehead atoms. The molecule has 2 fully saturated rings. The van der Waals surface area contributed by atoms with Crippen molar-refractivity contribution in [2.24, 2.45) is 0 Å². The lowest BCUT2D eigenvalue weighted by atomic mass is 9.72. The normalized spacial score (nSPS) is 25.4. The summed E-state index contributed by atoms with van der Waals surface area (Å²) in [6, 6.07) is 11.7. The van der Waals surface area contributed by atoms with E-state index in [1.54, 1.807) is 7.11 Å². The van der Waals surface area contributed by atoms with E-state index in [1.807, 2.05) is 77.6 Å². The lowest BCUT2D eigenvalue weighted by Crippen LogP contribution is -2.53. The van der Waals surface area contributed by atoms with Crippen molar-refractivity contribution in [1.82, 2.24) is 4.90 Å². The van der Waals surface area contributed by atoms with Gasteiger partial charge in [-0.2, -0.15) is 0 Å². The van der Waals surface area contributed by atoms with Gasteiger partial charge in [0, 0.05) is 30.1 Å². The average Bonchev–Trinajstić information content (AvgIpc) is 3.53. The Labute approximate surface area is 237 Å². The molecule has 2 aromatic rings. The molecule has 1 amide bonds. The third-order valence-corrected chi connectivity index (χ3v) is 8.85. The smallest absolute Gasteiger partial charge is 0.495 e. The van der Waals surface area contributed by atoms with Crippen LogP contribution in [0.4, 0.5) is 4.79 Å². The molecule has 2 atom stereocenters. The van der Waals surface area contributed by atoms with Gasteiger partial charge < -0.3 is 28.4 Å². The average molecular weight is 556 g/mol. The third-order valence-electron chi connectivity index (χ3n) is 8.46. The van der Waals surface area contributed by atoms with Crippen molar-refractivity contribution in [2.75, 3.05) is 13.7 Å². The van der Waals surface area contributed by atoms with Gasteiger partial charge in [0.1, 0.15) is 17.1 Å². The minimum absolute atomic E-state index is 0.252. The second-order valence-electron chi connectivity index (χ2n) is 12.7. The Kier molecular flexibility index (Phi) is 6.92. The number of carbonyl (C=O) groups excluding carboxylic acids is 1. The summed E-state index contributed by atoms with van der Waals surface area (Å²) < 4.78 is 31.4. The number of nitrogens with zero attached hydrogens (tertiary/aromatic N) is 1. The number of likely N-dealkylation sites (tertiary alicyclic amines) is 1. The fourth-order valence-electron chi connectivity index (χ4n) is 5.84. The number of amides is 1. The lowest BCUT2D eigenvalue weighted by Gasteiger charge is -2.40. The van der Waals surface area contributed by atoms with Crippen LogP contribution in [-0.2, 0) is 26.1 Å². The number of halogens is 1. The number of carbonyl (C=O) groups is 1. The molecule has 3 aliphatic rings. The molecular formula is C30H39BClNO6. The molecule has 2 aromatic carbocycles. The zero-order valence-corrected chi connectivity index (χ0v) is 25.0. The van der Waals surface area contributed by atoms with E-state index in [0.29, 0.717) is 35.0 Å². The number of hydrogen-bond acceptors (Lipinski definition) is 6. The van der Waals surface area contributed by atoms with Crippen LogP contribution < -0.4 is 14.9 Å². The van der Waals surface area contributed by atoms with Crippen molar-refractivity contribution in [3.63, 3.8) is 0 Å². The summed E-state index contributed by atoms with van der Waals surface area (Å²) in [5.41, 5.74) is 0.0391. The van der Waals surface area contributed by atoms with E-state index in [4.69, 9.17) is 35.1 Å². The SMILES string of the molecule is COc1cc2c(c(B3OC(C)(C)C(C)(C)O3)c1Cl)C[C@](c1ccccc1)([C@@H]1CCCN1C(=O)OC(C)(C)C)O2. The standard InChI is InChI=1S/C30H39BClNO6/c1-27(2,3)37-26(34)33-16-12-15-23(33)30(19-13-10-9-11-14-19)18-20-21(36-30)17-22(35-8)25(32)24(20)31-38-28(4,5)29(6,7)39-31/h9-11,13-14,17,23H,12,15-16,18H2,1-8H3/t23-,30-/m0/s1. The Bertz CT molecular complexity index is 1240. The Hall–Kier alpha value is -2.42. The zero-order valence-electron chi connectivity index (χ0n) is 24.2. The van der Waals surface area contributed by atoms with Gasteiger partial charge in [0.15, 0.2) is 5.60 Å². The second-order valence-corrected chi connectivity index (χ2v) is 13.1. The first-order valence-corrected chi connectivity index (χ1v) is 14.1. The van der Waals surface area contributed by atoms with Gasteiger partial charge in [-0.3, -0.25) is 0 Å². The van der Waals surface area contributed by atoms with Crippen LogP contribution in [0.5, 0.6) is 11.5 Å². The summed E-state index contributed by atoms with van der Waals surface area (Å²) in [6.45, 7) is 14.3. The fraction of sp³-hybridized carbons (Fsp3) is 0.567. The van der Waals surface area contributed by atoms with Gasteiger partial charge in [-0.05, 0) is 66.9 Å². The van der Waals surface area contributed by atoms with Crippen molar-refractivity contribution in [2.45, 2.75) is 96.2 Å². The molecule has 9 heteroatoms. The number of ether oxygens (including phenoxy) is 3. The van der Waals surface area contributed by atoms with Crippen LogP contribution in [0.15, 0.2) is 36.4 Å². The van der Waals surface area contributed by atoms with E-state index < -0.39 is 29.5 Å². The van der Waals surface area contributed by atoms with Crippen LogP contribution in [0, 0.1) is 0 Å². The molecule has 0 N–H and O–H groups in total. The lowest BCUT2D eigenvalue weighted by molar-refractivity contribution is -0.0215. The zero-order chi connectivity index (χ0) is 28.4. The molecule has 5 rings (SSSR count). The number of rotatable bonds is 4. The van der Waals surface area contributed by atoms with E-state index in [9.17, 15) is 4.79 Å². The first kappa shape index (κ1) is 28.1. The number of methoxy groups -OCH3 is 1. The monoisotopic (exact) mass is 555 g/mol. The Morgan fingerprint density at radius 1 is 1.10 bits per heavy atom. The maximum absolute atomic E-state index is 13.4. The number of fused-ring (bicyclic) bond motifs is 1. The highest BCUT2D eigenvalue weighted by Crippen LogP contribution is 2.50. The number of hydrogen-bond donors (Lipinski definition) is 0. The van der Waals surface area contributed by atoms with Crippen LogP contribution in [0.2, 0.25) is 5.02 Å². The maximum Gasteiger partial charge on any atom is 0.496 e. The molecule has 0 aliphatic carbocycles. The quantitative estimate of drug-likeness (QED) is 0.439. The molecule has 0 spiro atoms. The van der Waals surface area contributed by atoms with Crippen molar-refractivity contribution in [3.8, 4) is 11.5 Å². The first-order valence-electron chi connectivity index (χ1n) is 13.7. The van der Waals surface area contributed by atoms with E-state index >= 15 is 0 Å². The molecule has 0 saturated carbocycles. The molecule has 2 saturated heterocycles. The molecule has 0 aromatic heterocycles. The first-order chi connectivity index (χ1) is 18.2. The summed E-state index contributed by atoms with van der Waals surface area (Å²) in [7, 11) is 0.884. The van der Waals surface area contributed by atoms with Crippen molar-refractivity contribution in [3.05, 3.63) is 52.5 Å². The Morgan fingerprint density at radius 2 is 1.74 bits per heavy atom. The highest BCUT2D eigenvalue weighted by atomic mass is 35.5. The van der Waals surface area contributed by atoms with Gasteiger partial charge in [-0.25, -0.2) is 4.79 Å². The minimum atomic E-state index is -0.856. The van der Waals surface area contributed by atoms with Crippen molar-refractivity contribution < 1.29 is 28.3 Å². The Morgan fingerprint density at radius 3 is 2.33 bits per heavy atom. The van der Waals surface area contributed by atoms with Gasteiger partial charge in [0.05, 0.1) is 29.4 Å². The largest absolute Gasteiger partial charge is 0.496 e. The van der Waals surface area contributed by atoms with E-state index in [2.05, 4.69) is 12.1 Å². The van der Waals surface area contributed by atoms with Crippen LogP contribution in [-0.4, -0.2) is 54.6 Å². The maximum atomic E-state index is 13.4. The molecule has 7 nitrogen and oxygen atoms in total. The van der Waals surface area contributed by atoms with Gasteiger partial charge in [-0.15, -0.1) is 0 Å². The third kappa shape index (κ3) is 4.79. The van der Waals surface area contributed by atoms with E-state index in [0.717, 1.165) is 24.0 Å². The minimum Gasteiger partial charge on any atom is -0.495 e. The summed E-state index contributed by atoms with van der Waals surface area (Å²) >= 11 is 6.98. The van der Waals surface area contributed by atoms with Crippen molar-refractivity contribution >= 4 is 30.3 Å². The van der Waals surface area contributed by atoms with E-state index in [-0.39, 0.29) is 12.1 Å². The second kappa shape index (κ2) is 9.60. The fourth-order valence-corrected chi connectivity index (χ4v) is 6.18. The molecule has 3 heterocycles. The number of benzene rings is 2. The molecule has 39 heavy (non-hydrogen) atoms. The summed E-state index contributed by atoms with van der Waals surface area (Å²) in [5.74, 6) is 1.14. The van der Waals surface area contributed by atoms with Gasteiger partial charge in [0.25, 0.3) is 0 Å². The van der Waals surface area contributed by atoms with E-state index in [1.165, 1.54) is 0 Å². The molecule has 0 radical (unpaired) electrons. The summed E-state index contributed by atoms with van der Waals surface area (Å²) in [6.07, 6.45) is 1.78. The van der Waals surface area contributed by atoms with Crippen LogP contribution in [0.1, 0.15) is 72.4 Å². The van der Waals surface area contributed by atoms with Crippen molar-refractivity contribution in [1.29, 1.82) is 0 Å². The summed E-state index contributed by atoms with van der Waals surface area (Å²) in [5, 5.41) is 0.442. The highest BCUT2D eigenvalue weighted by molar-refractivity contribution is 6.66. The molecule has 210 valence electrons. The van der Waals surface area contributed by atoms with Gasteiger partial charge >= 0.3 is 13.2 Å². The summed E-state index contributed by atoms with van der Waals surface area (Å²) in [4.78, 5) is 15.2.